The van der Waals surface area contributed by atoms with E-state index in [1.54, 1.807) is 11.3 Å². The molecule has 0 aromatic carbocycles. The van der Waals surface area contributed by atoms with Crippen LogP contribution in [-0.2, 0) is 6.54 Å². The molecule has 0 radical (unpaired) electrons. The molecule has 0 spiro atoms. The van der Waals surface area contributed by atoms with Crippen LogP contribution in [0.15, 0.2) is 11.4 Å². The summed E-state index contributed by atoms with van der Waals surface area (Å²) in [5.74, 6) is 2.63. The maximum Gasteiger partial charge on any atom is 0.146 e. The highest BCUT2D eigenvalue weighted by atomic mass is 32.1. The van der Waals surface area contributed by atoms with Crippen molar-refractivity contribution in [3.8, 4) is 0 Å². The van der Waals surface area contributed by atoms with E-state index in [9.17, 15) is 0 Å². The van der Waals surface area contributed by atoms with Gasteiger partial charge in [0, 0.05) is 6.54 Å². The van der Waals surface area contributed by atoms with Gasteiger partial charge in [-0.1, -0.05) is 20.8 Å². The first-order valence-corrected chi connectivity index (χ1v) is 8.64. The maximum atomic E-state index is 4.72. The van der Waals surface area contributed by atoms with Crippen molar-refractivity contribution in [3.63, 3.8) is 0 Å². The van der Waals surface area contributed by atoms with Gasteiger partial charge in [0.25, 0.3) is 0 Å². The molecule has 0 fully saturated rings. The van der Waals surface area contributed by atoms with E-state index in [-0.39, 0.29) is 0 Å². The number of nitrogens with one attached hydrogen (secondary N) is 1. The van der Waals surface area contributed by atoms with Crippen molar-refractivity contribution in [2.24, 2.45) is 5.92 Å². The van der Waals surface area contributed by atoms with Crippen LogP contribution in [0.25, 0.3) is 10.2 Å². The van der Waals surface area contributed by atoms with Gasteiger partial charge in [0.15, 0.2) is 0 Å². The third kappa shape index (κ3) is 4.64. The molecule has 2 rings (SSSR count). The van der Waals surface area contributed by atoms with Gasteiger partial charge in [-0.25, -0.2) is 9.97 Å². The van der Waals surface area contributed by atoms with Gasteiger partial charge in [-0.3, -0.25) is 4.90 Å². The Labute approximate surface area is 131 Å². The van der Waals surface area contributed by atoms with Crippen LogP contribution in [0.2, 0.25) is 0 Å². The minimum Gasteiger partial charge on any atom is -0.369 e. The minimum atomic E-state index is 0.731. The van der Waals surface area contributed by atoms with E-state index in [2.05, 4.69) is 49.5 Å². The molecule has 116 valence electrons. The molecule has 21 heavy (non-hydrogen) atoms. The van der Waals surface area contributed by atoms with Gasteiger partial charge in [-0.05, 0) is 43.8 Å². The zero-order chi connectivity index (χ0) is 15.2. The molecule has 4 nitrogen and oxygen atoms in total. The fraction of sp³-hybridized carbons (Fsp3) is 0.625. The summed E-state index contributed by atoms with van der Waals surface area (Å²) in [6.45, 7) is 9.52. The summed E-state index contributed by atoms with van der Waals surface area (Å²) in [6, 6.07) is 2.10. The standard InChI is InChI=1S/C16H26N4S/c1-5-8-17-15-13-7-10-21-16(13)19-14(18-15)11-20(4)9-6-12(2)3/h7,10,12H,5-6,8-9,11H2,1-4H3,(H,17,18,19). The van der Waals surface area contributed by atoms with Crippen molar-refractivity contribution < 1.29 is 0 Å². The third-order valence-corrected chi connectivity index (χ3v) is 4.22. The molecule has 0 atom stereocenters. The zero-order valence-electron chi connectivity index (χ0n) is 13.5. The third-order valence-electron chi connectivity index (χ3n) is 3.41. The fourth-order valence-corrected chi connectivity index (χ4v) is 2.93. The molecule has 5 heteroatoms. The van der Waals surface area contributed by atoms with Crippen molar-refractivity contribution in [2.75, 3.05) is 25.5 Å². The first-order valence-electron chi connectivity index (χ1n) is 7.76. The van der Waals surface area contributed by atoms with E-state index >= 15 is 0 Å². The Hall–Kier alpha value is -1.20. The predicted octanol–water partition coefficient (Wildman–Crippen LogP) is 3.99. The van der Waals surface area contributed by atoms with Crippen LogP contribution in [0.1, 0.15) is 39.4 Å². The lowest BCUT2D eigenvalue weighted by Crippen LogP contribution is -2.22. The molecule has 0 bridgehead atoms. The maximum absolute atomic E-state index is 4.72. The van der Waals surface area contributed by atoms with Crippen LogP contribution in [-0.4, -0.2) is 35.0 Å². The molecular weight excluding hydrogens is 280 g/mol. The Morgan fingerprint density at radius 3 is 2.86 bits per heavy atom. The number of hydrogen-bond acceptors (Lipinski definition) is 5. The second-order valence-corrected chi connectivity index (χ2v) is 6.87. The van der Waals surface area contributed by atoms with Crippen molar-refractivity contribution >= 4 is 27.4 Å². The molecule has 0 saturated carbocycles. The average Bonchev–Trinajstić information content (AvgIpc) is 2.91. The molecule has 0 aliphatic rings. The lowest BCUT2D eigenvalue weighted by atomic mass is 10.1. The van der Waals surface area contributed by atoms with Gasteiger partial charge in [0.2, 0.25) is 0 Å². The Kier molecular flexibility index (Phi) is 5.94. The fourth-order valence-electron chi connectivity index (χ4n) is 2.15. The van der Waals surface area contributed by atoms with E-state index in [1.807, 2.05) is 0 Å². The number of fused-ring (bicyclic) bond motifs is 1. The molecular formula is C16H26N4S. The summed E-state index contributed by atoms with van der Waals surface area (Å²) < 4.78 is 0. The van der Waals surface area contributed by atoms with Crippen LogP contribution < -0.4 is 5.32 Å². The highest BCUT2D eigenvalue weighted by Crippen LogP contribution is 2.25. The number of nitrogens with zero attached hydrogens (tertiary/aromatic N) is 3. The molecule has 2 aromatic heterocycles. The van der Waals surface area contributed by atoms with Gasteiger partial charge in [0.1, 0.15) is 16.5 Å². The number of thiophene rings is 1. The number of aromatic nitrogens is 2. The second-order valence-electron chi connectivity index (χ2n) is 5.97. The van der Waals surface area contributed by atoms with E-state index < -0.39 is 0 Å². The normalized spacial score (nSPS) is 11.7. The molecule has 0 unspecified atom stereocenters. The number of hydrogen-bond donors (Lipinski definition) is 1. The van der Waals surface area contributed by atoms with E-state index in [4.69, 9.17) is 9.97 Å². The molecule has 0 saturated heterocycles. The smallest absolute Gasteiger partial charge is 0.146 e. The molecule has 1 N–H and O–H groups in total. The second kappa shape index (κ2) is 7.71. The average molecular weight is 306 g/mol. The Balaban J connectivity index is 2.12. The van der Waals surface area contributed by atoms with E-state index in [1.165, 1.54) is 6.42 Å². The highest BCUT2D eigenvalue weighted by molar-refractivity contribution is 7.16. The Morgan fingerprint density at radius 2 is 2.14 bits per heavy atom. The lowest BCUT2D eigenvalue weighted by molar-refractivity contribution is 0.297. The van der Waals surface area contributed by atoms with Crippen molar-refractivity contribution in [1.29, 1.82) is 0 Å². The molecule has 2 aromatic rings. The van der Waals surface area contributed by atoms with Crippen LogP contribution in [0.3, 0.4) is 0 Å². The zero-order valence-corrected chi connectivity index (χ0v) is 14.3. The predicted molar refractivity (Wildman–Crippen MR) is 92.0 cm³/mol. The van der Waals surface area contributed by atoms with Gasteiger partial charge >= 0.3 is 0 Å². The first-order chi connectivity index (χ1) is 10.1. The van der Waals surface area contributed by atoms with Gasteiger partial charge in [-0.15, -0.1) is 11.3 Å². The Bertz CT molecular complexity index is 564. The van der Waals surface area contributed by atoms with Gasteiger partial charge in [-0.2, -0.15) is 0 Å². The number of anilines is 1. The van der Waals surface area contributed by atoms with Crippen molar-refractivity contribution in [3.05, 3.63) is 17.3 Å². The number of rotatable bonds is 8. The monoisotopic (exact) mass is 306 g/mol. The summed E-state index contributed by atoms with van der Waals surface area (Å²) in [5.41, 5.74) is 0. The minimum absolute atomic E-state index is 0.731. The largest absolute Gasteiger partial charge is 0.369 e. The van der Waals surface area contributed by atoms with Gasteiger partial charge in [0.05, 0.1) is 11.9 Å². The molecule has 0 amide bonds. The lowest BCUT2D eigenvalue weighted by Gasteiger charge is -2.17. The summed E-state index contributed by atoms with van der Waals surface area (Å²) in [6.07, 6.45) is 2.30. The van der Waals surface area contributed by atoms with Crippen molar-refractivity contribution in [2.45, 2.75) is 40.2 Å². The highest BCUT2D eigenvalue weighted by Gasteiger charge is 2.10. The summed E-state index contributed by atoms with van der Waals surface area (Å²) in [4.78, 5) is 12.8. The quantitative estimate of drug-likeness (QED) is 0.800. The summed E-state index contributed by atoms with van der Waals surface area (Å²) in [7, 11) is 2.14. The van der Waals surface area contributed by atoms with Gasteiger partial charge < -0.3 is 5.32 Å². The first kappa shape index (κ1) is 16.2. The summed E-state index contributed by atoms with van der Waals surface area (Å²) >= 11 is 1.68. The summed E-state index contributed by atoms with van der Waals surface area (Å²) in [5, 5.41) is 6.65. The molecule has 2 heterocycles. The topological polar surface area (TPSA) is 41.1 Å². The van der Waals surface area contributed by atoms with Crippen LogP contribution in [0.5, 0.6) is 0 Å². The van der Waals surface area contributed by atoms with Crippen LogP contribution in [0, 0.1) is 5.92 Å². The Morgan fingerprint density at radius 1 is 1.33 bits per heavy atom. The molecule has 0 aliphatic carbocycles. The van der Waals surface area contributed by atoms with Crippen LogP contribution in [0.4, 0.5) is 5.82 Å². The molecule has 0 aliphatic heterocycles. The van der Waals surface area contributed by atoms with Crippen LogP contribution >= 0.6 is 11.3 Å². The van der Waals surface area contributed by atoms with E-state index in [0.29, 0.717) is 0 Å². The van der Waals surface area contributed by atoms with E-state index in [0.717, 1.165) is 53.8 Å². The SMILES string of the molecule is CCCNc1nc(CN(C)CCC(C)C)nc2sccc12. The van der Waals surface area contributed by atoms with Crippen molar-refractivity contribution in [1.82, 2.24) is 14.9 Å².